The highest BCUT2D eigenvalue weighted by Crippen LogP contribution is 2.13. The number of ether oxygens (including phenoxy) is 1. The summed E-state index contributed by atoms with van der Waals surface area (Å²) in [5, 5.41) is 13.7. The molecule has 0 saturated heterocycles. The number of aromatic nitrogens is 1. The molecule has 0 aliphatic rings. The van der Waals surface area contributed by atoms with Crippen molar-refractivity contribution in [3.8, 4) is 0 Å². The maximum atomic E-state index is 12.3. The van der Waals surface area contributed by atoms with Crippen LogP contribution in [-0.4, -0.2) is 34.4 Å². The molecule has 3 aromatic rings. The maximum Gasteiger partial charge on any atom is 0.407 e. The third-order valence-corrected chi connectivity index (χ3v) is 5.53. The smallest absolute Gasteiger partial charge is 0.407 e. The van der Waals surface area contributed by atoms with Gasteiger partial charge in [0.2, 0.25) is 0 Å². The van der Waals surface area contributed by atoms with Gasteiger partial charge in [0.15, 0.2) is 0 Å². The molecule has 3 atom stereocenters. The highest BCUT2D eigenvalue weighted by Gasteiger charge is 2.24. The predicted octanol–water partition coefficient (Wildman–Crippen LogP) is 3.72. The molecule has 31 heavy (non-hydrogen) atoms. The summed E-state index contributed by atoms with van der Waals surface area (Å²) in [5.74, 6) is 0. The van der Waals surface area contributed by atoms with Gasteiger partial charge in [-0.25, -0.2) is 4.79 Å². The minimum atomic E-state index is -0.806. The Hall–Kier alpha value is -2.45. The fourth-order valence-corrected chi connectivity index (χ4v) is 3.77. The van der Waals surface area contributed by atoms with Crippen LogP contribution >= 0.6 is 23.7 Å². The van der Waals surface area contributed by atoms with Crippen molar-refractivity contribution in [3.05, 3.63) is 88.4 Å². The molecule has 2 aromatic carbocycles. The van der Waals surface area contributed by atoms with Crippen LogP contribution in [-0.2, 0) is 24.2 Å². The van der Waals surface area contributed by atoms with Crippen molar-refractivity contribution in [1.82, 2.24) is 10.3 Å². The third kappa shape index (κ3) is 8.67. The topological polar surface area (TPSA) is 97.5 Å². The molecule has 8 heteroatoms. The number of carbonyl (C=O) groups excluding carboxylic acids is 1. The van der Waals surface area contributed by atoms with Gasteiger partial charge < -0.3 is 20.9 Å². The second-order valence-corrected chi connectivity index (χ2v) is 8.21. The molecule has 0 aliphatic carbocycles. The Labute approximate surface area is 192 Å². The first-order chi connectivity index (χ1) is 14.6. The molecular formula is C23H28ClN3O3S. The van der Waals surface area contributed by atoms with E-state index in [1.807, 2.05) is 60.7 Å². The molecule has 0 unspecified atom stereocenters. The summed E-state index contributed by atoms with van der Waals surface area (Å²) in [5.41, 5.74) is 10.1. The summed E-state index contributed by atoms with van der Waals surface area (Å²) in [6.45, 7) is 0.151. The number of hydrogen-bond acceptors (Lipinski definition) is 6. The second-order valence-electron chi connectivity index (χ2n) is 7.24. The van der Waals surface area contributed by atoms with E-state index in [0.717, 1.165) is 16.0 Å². The first-order valence-electron chi connectivity index (χ1n) is 9.92. The minimum absolute atomic E-state index is 0. The van der Waals surface area contributed by atoms with E-state index in [0.29, 0.717) is 19.3 Å². The monoisotopic (exact) mass is 461 g/mol. The summed E-state index contributed by atoms with van der Waals surface area (Å²) >= 11 is 1.42. The molecule has 0 fully saturated rings. The van der Waals surface area contributed by atoms with Gasteiger partial charge in [0.25, 0.3) is 0 Å². The Morgan fingerprint density at radius 2 is 1.68 bits per heavy atom. The number of nitrogens with zero attached hydrogens (tertiary/aromatic N) is 1. The number of rotatable bonds is 10. The zero-order chi connectivity index (χ0) is 21.2. The van der Waals surface area contributed by atoms with Crippen molar-refractivity contribution in [3.63, 3.8) is 0 Å². The lowest BCUT2D eigenvalue weighted by Crippen LogP contribution is -2.47. The first kappa shape index (κ1) is 24.8. The van der Waals surface area contributed by atoms with Gasteiger partial charge in [-0.05, 0) is 30.4 Å². The molecule has 0 aliphatic heterocycles. The number of nitrogens with one attached hydrogen (secondary N) is 1. The van der Waals surface area contributed by atoms with Gasteiger partial charge >= 0.3 is 6.09 Å². The minimum Gasteiger partial charge on any atom is -0.444 e. The van der Waals surface area contributed by atoms with E-state index in [4.69, 9.17) is 10.5 Å². The van der Waals surface area contributed by atoms with E-state index in [-0.39, 0.29) is 25.1 Å². The third-order valence-electron chi connectivity index (χ3n) is 4.78. The number of amides is 1. The Morgan fingerprint density at radius 3 is 2.26 bits per heavy atom. The van der Waals surface area contributed by atoms with Crippen LogP contribution in [0, 0.1) is 0 Å². The van der Waals surface area contributed by atoms with Gasteiger partial charge in [0.1, 0.15) is 6.61 Å². The SMILES string of the molecule is Cl.N[C@@H](Cc1ccccc1)C[C@@H](O)[C@@H](Cc1ccccc1)NC(=O)OCc1cncs1. The average Bonchev–Trinajstić information content (AvgIpc) is 3.27. The van der Waals surface area contributed by atoms with Gasteiger partial charge in [-0.2, -0.15) is 0 Å². The zero-order valence-corrected chi connectivity index (χ0v) is 18.7. The van der Waals surface area contributed by atoms with E-state index < -0.39 is 18.2 Å². The van der Waals surface area contributed by atoms with Crippen LogP contribution in [0.25, 0.3) is 0 Å². The highest BCUT2D eigenvalue weighted by molar-refractivity contribution is 7.09. The lowest BCUT2D eigenvalue weighted by Gasteiger charge is -2.26. The molecule has 1 heterocycles. The number of aliphatic hydroxyl groups is 1. The van der Waals surface area contributed by atoms with Crippen molar-refractivity contribution in [1.29, 1.82) is 0 Å². The maximum absolute atomic E-state index is 12.3. The molecule has 3 rings (SSSR count). The number of carbonyl (C=O) groups is 1. The van der Waals surface area contributed by atoms with Crippen molar-refractivity contribution >= 4 is 29.8 Å². The Kier molecular flexibility index (Phi) is 10.5. The van der Waals surface area contributed by atoms with Crippen LogP contribution in [0.2, 0.25) is 0 Å². The number of nitrogens with two attached hydrogens (primary N) is 1. The van der Waals surface area contributed by atoms with Crippen molar-refractivity contribution in [2.45, 2.75) is 44.1 Å². The summed E-state index contributed by atoms with van der Waals surface area (Å²) in [4.78, 5) is 17.2. The summed E-state index contributed by atoms with van der Waals surface area (Å²) in [7, 11) is 0. The number of hydrogen-bond donors (Lipinski definition) is 3. The highest BCUT2D eigenvalue weighted by atomic mass is 35.5. The van der Waals surface area contributed by atoms with Gasteiger partial charge in [0, 0.05) is 12.2 Å². The van der Waals surface area contributed by atoms with Crippen LogP contribution < -0.4 is 11.1 Å². The molecule has 4 N–H and O–H groups in total. The first-order valence-corrected chi connectivity index (χ1v) is 10.8. The van der Waals surface area contributed by atoms with E-state index in [1.165, 1.54) is 11.3 Å². The summed E-state index contributed by atoms with van der Waals surface area (Å²) < 4.78 is 5.28. The number of benzene rings is 2. The van der Waals surface area contributed by atoms with E-state index >= 15 is 0 Å². The fraction of sp³-hybridized carbons (Fsp3) is 0.304. The summed E-state index contributed by atoms with van der Waals surface area (Å²) in [6.07, 6.45) is 1.79. The van der Waals surface area contributed by atoms with Crippen molar-refractivity contribution in [2.24, 2.45) is 5.73 Å². The predicted molar refractivity (Wildman–Crippen MR) is 125 cm³/mol. The summed E-state index contributed by atoms with van der Waals surface area (Å²) in [6, 6.07) is 18.9. The van der Waals surface area contributed by atoms with Crippen LogP contribution in [0.3, 0.4) is 0 Å². The molecule has 6 nitrogen and oxygen atoms in total. The second kappa shape index (κ2) is 13.1. The zero-order valence-electron chi connectivity index (χ0n) is 17.1. The van der Waals surface area contributed by atoms with Crippen LogP contribution in [0.1, 0.15) is 22.4 Å². The van der Waals surface area contributed by atoms with Gasteiger partial charge in [-0.1, -0.05) is 60.7 Å². The van der Waals surface area contributed by atoms with E-state index in [9.17, 15) is 9.90 Å². The molecule has 1 amide bonds. The van der Waals surface area contributed by atoms with Crippen LogP contribution in [0.4, 0.5) is 4.79 Å². The van der Waals surface area contributed by atoms with Crippen molar-refractivity contribution < 1.29 is 14.6 Å². The Balaban J connectivity index is 0.00000341. The molecule has 166 valence electrons. The number of halogens is 1. The molecule has 0 saturated carbocycles. The van der Waals surface area contributed by atoms with Gasteiger partial charge in [0.05, 0.1) is 22.5 Å². The largest absolute Gasteiger partial charge is 0.444 e. The standard InChI is InChI=1S/C23H27N3O3S.ClH/c24-19(11-17-7-3-1-4-8-17)13-22(27)21(12-18-9-5-2-6-10-18)26-23(28)29-15-20-14-25-16-30-20;/h1-10,14,16,19,21-22,27H,11-13,15,24H2,(H,26,28);1H/t19-,21+,22+;/m0./s1. The van der Waals surface area contributed by atoms with E-state index in [1.54, 1.807) is 11.7 Å². The molecule has 0 bridgehead atoms. The van der Waals surface area contributed by atoms with E-state index in [2.05, 4.69) is 10.3 Å². The molecular weight excluding hydrogens is 434 g/mol. The quantitative estimate of drug-likeness (QED) is 0.427. The molecule has 0 spiro atoms. The molecule has 0 radical (unpaired) electrons. The van der Waals surface area contributed by atoms with Crippen LogP contribution in [0.5, 0.6) is 0 Å². The fourth-order valence-electron chi connectivity index (χ4n) is 3.27. The molecule has 1 aromatic heterocycles. The van der Waals surface area contributed by atoms with Crippen LogP contribution in [0.15, 0.2) is 72.4 Å². The Bertz CT molecular complexity index is 882. The normalized spacial score (nSPS) is 13.5. The van der Waals surface area contributed by atoms with Gasteiger partial charge in [-0.15, -0.1) is 23.7 Å². The lowest BCUT2D eigenvalue weighted by molar-refractivity contribution is 0.0925. The number of alkyl carbamates (subject to hydrolysis) is 1. The van der Waals surface area contributed by atoms with Gasteiger partial charge in [-0.3, -0.25) is 4.98 Å². The number of aliphatic hydroxyl groups excluding tert-OH is 1. The Morgan fingerprint density at radius 1 is 1.06 bits per heavy atom. The average molecular weight is 462 g/mol. The lowest BCUT2D eigenvalue weighted by atomic mass is 9.94. The number of thiazole rings is 1. The van der Waals surface area contributed by atoms with Crippen molar-refractivity contribution in [2.75, 3.05) is 0 Å².